The van der Waals surface area contributed by atoms with Gasteiger partial charge < -0.3 is 19.7 Å². The fourth-order valence-electron chi connectivity index (χ4n) is 5.52. The third-order valence-electron chi connectivity index (χ3n) is 7.87. The molecular weight excluding hydrogens is 428 g/mol. The Morgan fingerprint density at radius 3 is 2.68 bits per heavy atom. The maximum absolute atomic E-state index is 9.35. The molecule has 1 N–H and O–H groups in total. The lowest BCUT2D eigenvalue weighted by molar-refractivity contribution is -0.0712. The lowest BCUT2D eigenvalue weighted by Crippen LogP contribution is -2.57. The average molecular weight is 465 g/mol. The first-order chi connectivity index (χ1) is 16.6. The second kappa shape index (κ2) is 10.0. The smallest absolute Gasteiger partial charge is 0.134 e. The number of piperidine rings is 1. The van der Waals surface area contributed by atoms with Crippen molar-refractivity contribution in [2.45, 2.75) is 44.6 Å². The number of rotatable bonds is 6. The van der Waals surface area contributed by atoms with Gasteiger partial charge in [-0.2, -0.15) is 5.26 Å². The monoisotopic (exact) mass is 464 g/mol. The van der Waals surface area contributed by atoms with Crippen molar-refractivity contribution >= 4 is 17.5 Å². The Labute approximate surface area is 202 Å². The number of aliphatic imine (C=N–C) groups is 1. The highest BCUT2D eigenvalue weighted by atomic mass is 16.5. The molecule has 4 fully saturated rings. The van der Waals surface area contributed by atoms with Crippen molar-refractivity contribution in [2.75, 3.05) is 69.9 Å². The van der Waals surface area contributed by atoms with Crippen molar-refractivity contribution in [3.05, 3.63) is 29.3 Å². The molecule has 0 amide bonds. The standard InChI is InChI=1S/C26H36N6O2/c1-3-19(13-27)10-23(28-2)29-24-11-21(20-4-7-31(8-5-20)22-14-34-15-22)12-25(30-24)32-16-26(17-32)6-9-33-18-26/h10-12,20,22H,3-9,14-18H2,1-2H3,(H,28,29,30)/b19-10+. The normalized spacial score (nSPS) is 24.1. The van der Waals surface area contributed by atoms with Crippen LogP contribution in [0.15, 0.2) is 28.8 Å². The average Bonchev–Trinajstić information content (AvgIpc) is 3.30. The molecule has 1 aromatic rings. The first-order valence-corrected chi connectivity index (χ1v) is 12.6. The number of hydrogen-bond acceptors (Lipinski definition) is 7. The number of allylic oxidation sites excluding steroid dienone is 1. The molecule has 1 aromatic heterocycles. The zero-order valence-corrected chi connectivity index (χ0v) is 20.4. The minimum absolute atomic E-state index is 0.309. The largest absolute Gasteiger partial charge is 0.381 e. The van der Waals surface area contributed by atoms with Crippen LogP contribution in [0.4, 0.5) is 11.6 Å². The summed E-state index contributed by atoms with van der Waals surface area (Å²) in [6, 6.07) is 7.34. The molecule has 1 spiro atoms. The van der Waals surface area contributed by atoms with E-state index in [0.29, 0.717) is 35.2 Å². The molecule has 0 bridgehead atoms. The second-order valence-corrected chi connectivity index (χ2v) is 10.2. The summed E-state index contributed by atoms with van der Waals surface area (Å²) in [6.45, 7) is 9.74. The van der Waals surface area contributed by atoms with Crippen molar-refractivity contribution in [3.8, 4) is 6.07 Å². The highest BCUT2D eigenvalue weighted by Crippen LogP contribution is 2.41. The number of pyridine rings is 1. The zero-order valence-electron chi connectivity index (χ0n) is 20.4. The van der Waals surface area contributed by atoms with Gasteiger partial charge in [-0.15, -0.1) is 0 Å². The van der Waals surface area contributed by atoms with E-state index < -0.39 is 0 Å². The van der Waals surface area contributed by atoms with Gasteiger partial charge in [-0.05, 0) is 68.5 Å². The molecule has 8 heteroatoms. The molecule has 0 saturated carbocycles. The molecular formula is C26H36N6O2. The maximum atomic E-state index is 9.35. The van der Waals surface area contributed by atoms with E-state index in [4.69, 9.17) is 14.5 Å². The second-order valence-electron chi connectivity index (χ2n) is 10.2. The number of amidine groups is 1. The van der Waals surface area contributed by atoms with Gasteiger partial charge in [0.05, 0.1) is 31.9 Å². The Morgan fingerprint density at radius 2 is 2.09 bits per heavy atom. The van der Waals surface area contributed by atoms with Gasteiger partial charge in [-0.25, -0.2) is 4.98 Å². The number of hydrogen-bond donors (Lipinski definition) is 1. The first kappa shape index (κ1) is 23.3. The quantitative estimate of drug-likeness (QED) is 0.393. The van der Waals surface area contributed by atoms with Gasteiger partial charge >= 0.3 is 0 Å². The van der Waals surface area contributed by atoms with Crippen LogP contribution in [0.1, 0.15) is 44.1 Å². The lowest BCUT2D eigenvalue weighted by Gasteiger charge is -2.48. The van der Waals surface area contributed by atoms with Crippen LogP contribution in [0.5, 0.6) is 0 Å². The molecule has 0 atom stereocenters. The summed E-state index contributed by atoms with van der Waals surface area (Å²) >= 11 is 0. The molecule has 5 rings (SSSR count). The van der Waals surface area contributed by atoms with Crippen LogP contribution in [-0.2, 0) is 9.47 Å². The van der Waals surface area contributed by atoms with E-state index in [9.17, 15) is 5.26 Å². The molecule has 8 nitrogen and oxygen atoms in total. The van der Waals surface area contributed by atoms with Crippen LogP contribution in [-0.4, -0.2) is 81.4 Å². The van der Waals surface area contributed by atoms with Gasteiger partial charge in [-0.3, -0.25) is 9.89 Å². The fourth-order valence-corrected chi connectivity index (χ4v) is 5.52. The summed E-state index contributed by atoms with van der Waals surface area (Å²) in [5.74, 6) is 3.02. The van der Waals surface area contributed by atoms with Crippen LogP contribution >= 0.6 is 0 Å². The van der Waals surface area contributed by atoms with Crippen molar-refractivity contribution in [1.29, 1.82) is 5.26 Å². The molecule has 4 saturated heterocycles. The number of likely N-dealkylation sites (tertiary alicyclic amines) is 1. The third kappa shape index (κ3) is 4.83. The van der Waals surface area contributed by atoms with Gasteiger partial charge in [0.2, 0.25) is 0 Å². The molecule has 0 aliphatic carbocycles. The highest BCUT2D eigenvalue weighted by molar-refractivity contribution is 6.04. The van der Waals surface area contributed by atoms with E-state index in [1.54, 1.807) is 7.05 Å². The van der Waals surface area contributed by atoms with Gasteiger partial charge in [-0.1, -0.05) is 6.92 Å². The summed E-state index contributed by atoms with van der Waals surface area (Å²) in [7, 11) is 1.74. The van der Waals surface area contributed by atoms with Crippen LogP contribution < -0.4 is 10.2 Å². The van der Waals surface area contributed by atoms with Crippen LogP contribution in [0.2, 0.25) is 0 Å². The highest BCUT2D eigenvalue weighted by Gasteiger charge is 2.46. The summed E-state index contributed by atoms with van der Waals surface area (Å²) in [5.41, 5.74) is 2.35. The van der Waals surface area contributed by atoms with E-state index in [-0.39, 0.29) is 0 Å². The first-order valence-electron chi connectivity index (χ1n) is 12.6. The van der Waals surface area contributed by atoms with E-state index in [1.807, 2.05) is 13.0 Å². The molecule has 4 aliphatic heterocycles. The number of nitrogens with zero attached hydrogens (tertiary/aromatic N) is 5. The van der Waals surface area contributed by atoms with E-state index in [2.05, 4.69) is 38.3 Å². The molecule has 182 valence electrons. The molecule has 0 aromatic carbocycles. The Balaban J connectivity index is 1.36. The summed E-state index contributed by atoms with van der Waals surface area (Å²) in [6.07, 6.45) is 5.95. The summed E-state index contributed by atoms with van der Waals surface area (Å²) in [5, 5.41) is 12.7. The number of nitriles is 1. The number of ether oxygens (including phenoxy) is 2. The van der Waals surface area contributed by atoms with E-state index in [1.165, 1.54) is 5.56 Å². The molecule has 34 heavy (non-hydrogen) atoms. The van der Waals surface area contributed by atoms with Gasteiger partial charge in [0.1, 0.15) is 17.5 Å². The predicted octanol–water partition coefficient (Wildman–Crippen LogP) is 3.19. The number of nitrogens with one attached hydrogen (secondary N) is 1. The van der Waals surface area contributed by atoms with Crippen molar-refractivity contribution in [1.82, 2.24) is 9.88 Å². The van der Waals surface area contributed by atoms with E-state index >= 15 is 0 Å². The van der Waals surface area contributed by atoms with Crippen LogP contribution in [0.25, 0.3) is 0 Å². The van der Waals surface area contributed by atoms with Crippen molar-refractivity contribution in [3.63, 3.8) is 0 Å². The topological polar surface area (TPSA) is 86.0 Å². The zero-order chi connectivity index (χ0) is 23.5. The molecule has 5 heterocycles. The lowest BCUT2D eigenvalue weighted by atomic mass is 9.79. The van der Waals surface area contributed by atoms with Crippen molar-refractivity contribution < 1.29 is 9.47 Å². The number of aromatic nitrogens is 1. The molecule has 4 aliphatic rings. The Hall–Kier alpha value is -2.47. The van der Waals surface area contributed by atoms with Gasteiger partial charge in [0.25, 0.3) is 0 Å². The third-order valence-corrected chi connectivity index (χ3v) is 7.87. The number of anilines is 2. The minimum Gasteiger partial charge on any atom is -0.381 e. The summed E-state index contributed by atoms with van der Waals surface area (Å²) in [4.78, 5) is 14.3. The molecule has 0 radical (unpaired) electrons. The molecule has 0 unspecified atom stereocenters. The fraction of sp³-hybridized carbons (Fsp3) is 0.654. The summed E-state index contributed by atoms with van der Waals surface area (Å²) < 4.78 is 11.1. The Kier molecular flexibility index (Phi) is 6.87. The van der Waals surface area contributed by atoms with Crippen molar-refractivity contribution in [2.24, 2.45) is 10.4 Å². The SMILES string of the molecule is CC/C(C#N)=C\C(=NC)Nc1cc(C2CCN(C3COC3)CC2)cc(N2CC3(CCOC3)C2)n1. The predicted molar refractivity (Wildman–Crippen MR) is 133 cm³/mol. The van der Waals surface area contributed by atoms with Gasteiger partial charge in [0, 0.05) is 37.7 Å². The minimum atomic E-state index is 0.309. The van der Waals surface area contributed by atoms with E-state index in [0.717, 1.165) is 83.5 Å². The van der Waals surface area contributed by atoms with Crippen LogP contribution in [0, 0.1) is 16.7 Å². The maximum Gasteiger partial charge on any atom is 0.134 e. The Bertz CT molecular complexity index is 973. The van der Waals surface area contributed by atoms with Crippen LogP contribution in [0.3, 0.4) is 0 Å². The Morgan fingerprint density at radius 1 is 1.29 bits per heavy atom. The van der Waals surface area contributed by atoms with Gasteiger partial charge in [0.15, 0.2) is 0 Å².